The molecule has 0 unspecified atom stereocenters. The number of nitrogen functional groups attached to an aromatic ring is 1. The summed E-state index contributed by atoms with van der Waals surface area (Å²) in [6.07, 6.45) is 0.202. The van der Waals surface area contributed by atoms with Crippen molar-refractivity contribution in [2.45, 2.75) is 20.3 Å². The van der Waals surface area contributed by atoms with Crippen LogP contribution in [0, 0.1) is 27.4 Å². The van der Waals surface area contributed by atoms with Crippen LogP contribution in [0.4, 0.5) is 11.4 Å². The molecule has 0 saturated carbocycles. The third-order valence-electron chi connectivity index (χ3n) is 2.88. The second-order valence-corrected chi connectivity index (χ2v) is 5.05. The first-order chi connectivity index (χ1) is 9.88. The van der Waals surface area contributed by atoms with Crippen molar-refractivity contribution in [1.82, 2.24) is 4.90 Å². The minimum absolute atomic E-state index is 0.0998. The lowest BCUT2D eigenvalue weighted by Crippen LogP contribution is -2.35. The fraction of sp³-hybridized carbons (Fsp3) is 0.429. The highest BCUT2D eigenvalue weighted by Crippen LogP contribution is 2.26. The predicted molar refractivity (Wildman–Crippen MR) is 78.5 cm³/mol. The number of nitrogens with two attached hydrogens (primary N) is 1. The fourth-order valence-electron chi connectivity index (χ4n) is 1.97. The number of nitrogens with zero attached hydrogens (tertiary/aromatic N) is 3. The van der Waals surface area contributed by atoms with Gasteiger partial charge in [0.25, 0.3) is 11.6 Å². The van der Waals surface area contributed by atoms with Crippen LogP contribution in [0.3, 0.4) is 0 Å². The second-order valence-electron chi connectivity index (χ2n) is 5.05. The molecule has 2 N–H and O–H groups in total. The van der Waals surface area contributed by atoms with Gasteiger partial charge in [0.2, 0.25) is 0 Å². The van der Waals surface area contributed by atoms with Crippen molar-refractivity contribution in [3.63, 3.8) is 0 Å². The molecule has 0 heterocycles. The van der Waals surface area contributed by atoms with Crippen molar-refractivity contribution in [2.24, 2.45) is 5.92 Å². The molecule has 0 radical (unpaired) electrons. The van der Waals surface area contributed by atoms with Crippen LogP contribution in [0.1, 0.15) is 30.6 Å². The molecule has 21 heavy (non-hydrogen) atoms. The van der Waals surface area contributed by atoms with Crippen molar-refractivity contribution < 1.29 is 9.72 Å². The average Bonchev–Trinajstić information content (AvgIpc) is 2.42. The molecule has 0 atom stereocenters. The first-order valence-corrected chi connectivity index (χ1v) is 6.57. The van der Waals surface area contributed by atoms with Crippen LogP contribution in [0.2, 0.25) is 0 Å². The topological polar surface area (TPSA) is 113 Å². The van der Waals surface area contributed by atoms with E-state index < -0.39 is 4.92 Å². The number of nitro benzene ring substituents is 1. The van der Waals surface area contributed by atoms with E-state index in [1.807, 2.05) is 19.9 Å². The Kier molecular flexibility index (Phi) is 5.67. The number of benzene rings is 1. The molecule has 0 aromatic heterocycles. The van der Waals surface area contributed by atoms with E-state index in [-0.39, 0.29) is 41.7 Å². The second kappa shape index (κ2) is 7.24. The highest BCUT2D eigenvalue weighted by molar-refractivity contribution is 6.01. The van der Waals surface area contributed by atoms with Gasteiger partial charge in [-0.2, -0.15) is 5.26 Å². The average molecular weight is 290 g/mol. The molecule has 0 aliphatic carbocycles. The highest BCUT2D eigenvalue weighted by atomic mass is 16.6. The summed E-state index contributed by atoms with van der Waals surface area (Å²) >= 11 is 0. The Labute approximate surface area is 123 Å². The molecule has 0 aliphatic rings. The summed E-state index contributed by atoms with van der Waals surface area (Å²) in [5.41, 5.74) is 5.40. The monoisotopic (exact) mass is 290 g/mol. The number of carbonyl (C=O) groups excluding carboxylic acids is 1. The Bertz CT molecular complexity index is 578. The van der Waals surface area contributed by atoms with Crippen molar-refractivity contribution in [3.05, 3.63) is 33.9 Å². The number of nitro groups is 1. The van der Waals surface area contributed by atoms with Gasteiger partial charge < -0.3 is 10.6 Å². The van der Waals surface area contributed by atoms with Gasteiger partial charge in [-0.3, -0.25) is 14.9 Å². The third kappa shape index (κ3) is 4.18. The van der Waals surface area contributed by atoms with E-state index >= 15 is 0 Å². The lowest BCUT2D eigenvalue weighted by Gasteiger charge is -2.24. The lowest BCUT2D eigenvalue weighted by atomic mass is 10.1. The molecule has 112 valence electrons. The summed E-state index contributed by atoms with van der Waals surface area (Å²) in [5.74, 6) is -0.173. The Morgan fingerprint density at radius 2 is 2.19 bits per heavy atom. The van der Waals surface area contributed by atoms with Crippen molar-refractivity contribution >= 4 is 17.3 Å². The van der Waals surface area contributed by atoms with Crippen LogP contribution >= 0.6 is 0 Å². The molecule has 7 nitrogen and oxygen atoms in total. The zero-order valence-corrected chi connectivity index (χ0v) is 12.1. The standard InChI is InChI=1S/C14H18N4O3/c1-10(2)9-17(8-4-7-15)14(19)11-5-3-6-12(13(11)16)18(20)21/h3,5-6,10H,4,8-9,16H2,1-2H3. The number of hydrogen-bond donors (Lipinski definition) is 1. The van der Waals surface area contributed by atoms with Crippen LogP contribution in [0.15, 0.2) is 18.2 Å². The molecule has 0 saturated heterocycles. The molecule has 1 aromatic carbocycles. The first kappa shape index (κ1) is 16.4. The van der Waals surface area contributed by atoms with Gasteiger partial charge in [-0.1, -0.05) is 19.9 Å². The Morgan fingerprint density at radius 3 is 2.71 bits per heavy atom. The molecule has 0 bridgehead atoms. The third-order valence-corrected chi connectivity index (χ3v) is 2.88. The number of nitriles is 1. The minimum atomic E-state index is -0.617. The van der Waals surface area contributed by atoms with E-state index in [2.05, 4.69) is 0 Å². The predicted octanol–water partition coefficient (Wildman–Crippen LogP) is 2.19. The maximum absolute atomic E-state index is 12.5. The van der Waals surface area contributed by atoms with Gasteiger partial charge in [0, 0.05) is 19.2 Å². The summed E-state index contributed by atoms with van der Waals surface area (Å²) in [6.45, 7) is 4.63. The Morgan fingerprint density at radius 1 is 1.52 bits per heavy atom. The number of anilines is 1. The van der Waals surface area contributed by atoms with E-state index in [4.69, 9.17) is 11.0 Å². The summed E-state index contributed by atoms with van der Waals surface area (Å²) in [5, 5.41) is 19.5. The first-order valence-electron chi connectivity index (χ1n) is 6.57. The van der Waals surface area contributed by atoms with Crippen LogP contribution in [-0.2, 0) is 0 Å². The van der Waals surface area contributed by atoms with Gasteiger partial charge in [0.1, 0.15) is 5.69 Å². The molecule has 0 aliphatic heterocycles. The van der Waals surface area contributed by atoms with E-state index in [1.165, 1.54) is 23.1 Å². The SMILES string of the molecule is CC(C)CN(CCC#N)C(=O)c1cccc([N+](=O)[O-])c1N. The molecular formula is C14H18N4O3. The number of hydrogen-bond acceptors (Lipinski definition) is 5. The van der Waals surface area contributed by atoms with Gasteiger partial charge in [-0.05, 0) is 12.0 Å². The fourth-order valence-corrected chi connectivity index (χ4v) is 1.97. The summed E-state index contributed by atoms with van der Waals surface area (Å²) < 4.78 is 0. The molecule has 1 amide bonds. The van der Waals surface area contributed by atoms with Crippen molar-refractivity contribution in [2.75, 3.05) is 18.8 Å². The van der Waals surface area contributed by atoms with Gasteiger partial charge >= 0.3 is 0 Å². The van der Waals surface area contributed by atoms with E-state index in [0.717, 1.165) is 0 Å². The van der Waals surface area contributed by atoms with E-state index in [1.54, 1.807) is 0 Å². The van der Waals surface area contributed by atoms with Crippen molar-refractivity contribution in [1.29, 1.82) is 5.26 Å². The summed E-state index contributed by atoms with van der Waals surface area (Å²) in [6, 6.07) is 6.14. The molecule has 0 spiro atoms. The summed E-state index contributed by atoms with van der Waals surface area (Å²) in [4.78, 5) is 24.3. The molecular weight excluding hydrogens is 272 g/mol. The zero-order valence-electron chi connectivity index (χ0n) is 12.1. The van der Waals surface area contributed by atoms with Crippen molar-refractivity contribution in [3.8, 4) is 6.07 Å². The normalized spacial score (nSPS) is 10.2. The smallest absolute Gasteiger partial charge is 0.292 e. The Balaban J connectivity index is 3.11. The number of rotatable bonds is 6. The molecule has 7 heteroatoms. The quantitative estimate of drug-likeness (QED) is 0.490. The van der Waals surface area contributed by atoms with Crippen LogP contribution in [0.25, 0.3) is 0 Å². The van der Waals surface area contributed by atoms with Crippen LogP contribution in [0.5, 0.6) is 0 Å². The largest absolute Gasteiger partial charge is 0.393 e. The van der Waals surface area contributed by atoms with Gasteiger partial charge in [0.05, 0.1) is 23.0 Å². The minimum Gasteiger partial charge on any atom is -0.393 e. The molecule has 0 fully saturated rings. The maximum atomic E-state index is 12.5. The zero-order chi connectivity index (χ0) is 16.0. The van der Waals surface area contributed by atoms with E-state index in [0.29, 0.717) is 6.54 Å². The molecule has 1 rings (SSSR count). The van der Waals surface area contributed by atoms with Crippen LogP contribution < -0.4 is 5.73 Å². The number of para-hydroxylation sites is 1. The maximum Gasteiger partial charge on any atom is 0.292 e. The number of carbonyl (C=O) groups is 1. The van der Waals surface area contributed by atoms with Gasteiger partial charge in [-0.15, -0.1) is 0 Å². The lowest BCUT2D eigenvalue weighted by molar-refractivity contribution is -0.383. The highest BCUT2D eigenvalue weighted by Gasteiger charge is 2.23. The molecule has 1 aromatic rings. The van der Waals surface area contributed by atoms with Crippen LogP contribution in [-0.4, -0.2) is 28.8 Å². The van der Waals surface area contributed by atoms with Gasteiger partial charge in [0.15, 0.2) is 0 Å². The summed E-state index contributed by atoms with van der Waals surface area (Å²) in [7, 11) is 0. The Hall–Kier alpha value is -2.62. The van der Waals surface area contributed by atoms with Gasteiger partial charge in [-0.25, -0.2) is 0 Å². The number of amides is 1. The van der Waals surface area contributed by atoms with E-state index in [9.17, 15) is 14.9 Å².